The first-order valence-electron chi connectivity index (χ1n) is 12.8. The summed E-state index contributed by atoms with van der Waals surface area (Å²) in [5.74, 6) is -4.29. The van der Waals surface area contributed by atoms with Gasteiger partial charge in [0.15, 0.2) is 0 Å². The number of fused-ring (bicyclic) bond motifs is 6. The minimum atomic E-state index is -1.09. The summed E-state index contributed by atoms with van der Waals surface area (Å²) >= 11 is 0. The third-order valence-corrected chi connectivity index (χ3v) is 7.16. The summed E-state index contributed by atoms with van der Waals surface area (Å²) in [6, 6.07) is 5.79. The topological polar surface area (TPSA) is 188 Å². The van der Waals surface area contributed by atoms with Gasteiger partial charge in [0.1, 0.15) is 0 Å². The molecule has 4 N–H and O–H groups in total. The van der Waals surface area contributed by atoms with Gasteiger partial charge in [0.05, 0.1) is 49.7 Å². The minimum Gasteiger partial charge on any atom is -0.480 e. The van der Waals surface area contributed by atoms with Crippen molar-refractivity contribution in [3.63, 3.8) is 0 Å². The van der Waals surface area contributed by atoms with Crippen molar-refractivity contribution in [1.29, 1.82) is 0 Å². The number of carboxylic acid groups (broad SMARTS) is 4. The van der Waals surface area contributed by atoms with Gasteiger partial charge in [-0.25, -0.2) is 0 Å². The predicted octanol–water partition coefficient (Wildman–Crippen LogP) is -0.201. The summed E-state index contributed by atoms with van der Waals surface area (Å²) in [5, 5.41) is 38.7. The van der Waals surface area contributed by atoms with Crippen LogP contribution in [0.4, 0.5) is 0 Å². The molecule has 2 aromatic rings. The van der Waals surface area contributed by atoms with E-state index in [0.717, 1.165) is 0 Å². The quantitative estimate of drug-likeness (QED) is 0.334. The molecular formula is C26H32N6O8. The Labute approximate surface area is 230 Å². The lowest BCUT2D eigenvalue weighted by atomic mass is 9.82. The minimum absolute atomic E-state index is 0.157. The molecule has 0 saturated carbocycles. The zero-order valence-corrected chi connectivity index (χ0v) is 21.8. The van der Waals surface area contributed by atoms with Crippen LogP contribution in [0.15, 0.2) is 36.7 Å². The van der Waals surface area contributed by atoms with Crippen molar-refractivity contribution in [2.24, 2.45) is 0 Å². The van der Waals surface area contributed by atoms with Gasteiger partial charge in [-0.05, 0) is 23.3 Å². The molecule has 2 unspecified atom stereocenters. The van der Waals surface area contributed by atoms with Crippen molar-refractivity contribution in [2.45, 2.75) is 12.1 Å². The number of pyridine rings is 2. The summed E-state index contributed by atoms with van der Waals surface area (Å²) < 4.78 is 0. The molecule has 2 aromatic heterocycles. The molecule has 1 saturated heterocycles. The van der Waals surface area contributed by atoms with E-state index in [0.29, 0.717) is 22.5 Å². The van der Waals surface area contributed by atoms with Crippen molar-refractivity contribution in [3.8, 4) is 11.4 Å². The van der Waals surface area contributed by atoms with Crippen LogP contribution in [0, 0.1) is 0 Å². The average Bonchev–Trinajstić information content (AvgIpc) is 2.89. The largest absolute Gasteiger partial charge is 0.480 e. The van der Waals surface area contributed by atoms with E-state index in [-0.39, 0.29) is 65.4 Å². The molecule has 0 radical (unpaired) electrons. The van der Waals surface area contributed by atoms with Crippen molar-refractivity contribution in [1.82, 2.24) is 29.6 Å². The van der Waals surface area contributed by atoms with Crippen LogP contribution in [-0.4, -0.2) is 139 Å². The maximum Gasteiger partial charge on any atom is 0.317 e. The molecule has 0 spiro atoms. The predicted molar refractivity (Wildman–Crippen MR) is 140 cm³/mol. The zero-order valence-electron chi connectivity index (χ0n) is 21.8. The third-order valence-electron chi connectivity index (χ3n) is 7.16. The van der Waals surface area contributed by atoms with Gasteiger partial charge in [0.2, 0.25) is 0 Å². The van der Waals surface area contributed by atoms with Crippen LogP contribution in [0.2, 0.25) is 0 Å². The number of carbonyl (C=O) groups is 4. The Hall–Kier alpha value is -3.98. The Bertz CT molecular complexity index is 1160. The maximum atomic E-state index is 12.1. The van der Waals surface area contributed by atoms with E-state index < -0.39 is 36.0 Å². The van der Waals surface area contributed by atoms with E-state index in [1.54, 1.807) is 44.1 Å². The standard InChI is InChI=1S/C26H32N6O8/c33-19(34)13-29-7-8-30(14-20(35)36)10-12-32(16-22(39)40)26-18-4-2-6-28-24(18)23-17(3-1-5-27-23)25(26)31(11-9-29)15-21(37)38/h1-6,25-26H,7-16H2,(H,33,34)(H,35,36)(H,37,38)(H,39,40). The molecule has 2 atom stereocenters. The molecule has 14 heteroatoms. The first-order chi connectivity index (χ1) is 19.1. The molecule has 40 heavy (non-hydrogen) atoms. The van der Waals surface area contributed by atoms with Crippen LogP contribution < -0.4 is 0 Å². The van der Waals surface area contributed by atoms with Crippen LogP contribution in [0.25, 0.3) is 11.4 Å². The Morgan fingerprint density at radius 3 is 1.30 bits per heavy atom. The highest BCUT2D eigenvalue weighted by Crippen LogP contribution is 2.48. The average molecular weight is 557 g/mol. The molecule has 14 nitrogen and oxygen atoms in total. The first-order valence-corrected chi connectivity index (χ1v) is 12.8. The normalized spacial score (nSPS) is 21.2. The lowest BCUT2D eigenvalue weighted by molar-refractivity contribution is -0.143. The smallest absolute Gasteiger partial charge is 0.317 e. The van der Waals surface area contributed by atoms with Gasteiger partial charge in [-0.3, -0.25) is 48.7 Å². The van der Waals surface area contributed by atoms with E-state index >= 15 is 0 Å². The van der Waals surface area contributed by atoms with E-state index in [1.807, 2.05) is 12.1 Å². The van der Waals surface area contributed by atoms with Crippen molar-refractivity contribution in [3.05, 3.63) is 47.8 Å². The Morgan fingerprint density at radius 1 is 0.600 bits per heavy atom. The van der Waals surface area contributed by atoms with Crippen LogP contribution in [-0.2, 0) is 19.2 Å². The lowest BCUT2D eigenvalue weighted by Crippen LogP contribution is -2.52. The van der Waals surface area contributed by atoms with E-state index in [2.05, 4.69) is 9.97 Å². The van der Waals surface area contributed by atoms with E-state index in [4.69, 9.17) is 0 Å². The Morgan fingerprint density at radius 2 is 0.950 bits per heavy atom. The van der Waals surface area contributed by atoms with Gasteiger partial charge in [-0.15, -0.1) is 0 Å². The first kappa shape index (κ1) is 29.0. The second kappa shape index (κ2) is 12.9. The molecule has 2 aliphatic rings. The van der Waals surface area contributed by atoms with Crippen LogP contribution in [0.5, 0.6) is 0 Å². The molecule has 4 rings (SSSR count). The summed E-state index contributed by atoms with van der Waals surface area (Å²) in [4.78, 5) is 63.2. The fourth-order valence-electron chi connectivity index (χ4n) is 5.57. The zero-order chi connectivity index (χ0) is 28.8. The maximum absolute atomic E-state index is 12.1. The van der Waals surface area contributed by atoms with Gasteiger partial charge in [0.25, 0.3) is 0 Å². The highest BCUT2D eigenvalue weighted by atomic mass is 16.4. The molecule has 1 fully saturated rings. The highest BCUT2D eigenvalue weighted by Gasteiger charge is 2.43. The van der Waals surface area contributed by atoms with Crippen LogP contribution >= 0.6 is 0 Å². The number of nitrogens with zero attached hydrogens (tertiary/aromatic N) is 6. The molecule has 1 aliphatic carbocycles. The second-order valence-electron chi connectivity index (χ2n) is 9.84. The molecule has 1 aliphatic heterocycles. The highest BCUT2D eigenvalue weighted by molar-refractivity contribution is 5.72. The summed E-state index contributed by atoms with van der Waals surface area (Å²) in [6.07, 6.45) is 3.23. The number of hydrogen-bond acceptors (Lipinski definition) is 10. The number of rotatable bonds is 8. The summed E-state index contributed by atoms with van der Waals surface area (Å²) in [5.41, 5.74) is 2.48. The fraction of sp³-hybridized carbons (Fsp3) is 0.462. The monoisotopic (exact) mass is 556 g/mol. The van der Waals surface area contributed by atoms with Gasteiger partial charge < -0.3 is 20.4 Å². The number of aliphatic carboxylic acids is 4. The fourth-order valence-corrected chi connectivity index (χ4v) is 5.57. The molecule has 214 valence electrons. The molecule has 0 bridgehead atoms. The Kier molecular flexibility index (Phi) is 9.37. The molecule has 0 amide bonds. The van der Waals surface area contributed by atoms with Crippen molar-refractivity contribution >= 4 is 23.9 Å². The number of hydrogen-bond donors (Lipinski definition) is 4. The van der Waals surface area contributed by atoms with Gasteiger partial charge in [-0.2, -0.15) is 0 Å². The molecule has 0 aromatic carbocycles. The summed E-state index contributed by atoms with van der Waals surface area (Å²) in [7, 11) is 0. The number of aromatic nitrogens is 2. The lowest BCUT2D eigenvalue weighted by Gasteiger charge is -2.46. The van der Waals surface area contributed by atoms with Crippen LogP contribution in [0.1, 0.15) is 23.2 Å². The Balaban J connectivity index is 1.87. The third kappa shape index (κ3) is 6.96. The van der Waals surface area contributed by atoms with Crippen molar-refractivity contribution < 1.29 is 39.6 Å². The second-order valence-corrected chi connectivity index (χ2v) is 9.84. The van der Waals surface area contributed by atoms with Gasteiger partial charge in [0, 0.05) is 51.7 Å². The van der Waals surface area contributed by atoms with E-state index in [9.17, 15) is 39.6 Å². The van der Waals surface area contributed by atoms with Gasteiger partial charge in [-0.1, -0.05) is 12.1 Å². The van der Waals surface area contributed by atoms with E-state index in [1.165, 1.54) is 0 Å². The SMILES string of the molecule is O=C(O)CN1CCN(CC(=O)O)CCN(CC(=O)O)C2c3cccnc3-c3ncccc3C2N(CC(=O)O)CC1. The molecule has 3 heterocycles. The van der Waals surface area contributed by atoms with Crippen LogP contribution in [0.3, 0.4) is 0 Å². The van der Waals surface area contributed by atoms with Gasteiger partial charge >= 0.3 is 23.9 Å². The number of carboxylic acids is 4. The van der Waals surface area contributed by atoms with Crippen molar-refractivity contribution in [2.75, 3.05) is 65.4 Å². The summed E-state index contributed by atoms with van der Waals surface area (Å²) in [6.45, 7) is -0.184. The molecular weight excluding hydrogens is 524 g/mol.